The van der Waals surface area contributed by atoms with Gasteiger partial charge in [0.2, 0.25) is 0 Å². The standard InChI is InChI=1S/C21H24O2/c1-3-4-6-9-17(2)23-21(22)16-18-12-14-20(15-13-18)19-10-7-5-8-11-19/h3-5,7-8,10-15,17H,6,9,16H2,1-2H3. The Morgan fingerprint density at radius 3 is 2.35 bits per heavy atom. The molecule has 0 aromatic heterocycles. The Labute approximate surface area is 138 Å². The summed E-state index contributed by atoms with van der Waals surface area (Å²) in [5.74, 6) is -0.162. The summed E-state index contributed by atoms with van der Waals surface area (Å²) in [5.41, 5.74) is 3.32. The van der Waals surface area contributed by atoms with Gasteiger partial charge in [-0.2, -0.15) is 0 Å². The Balaban J connectivity index is 1.87. The zero-order valence-electron chi connectivity index (χ0n) is 13.9. The maximum Gasteiger partial charge on any atom is 0.310 e. The molecule has 2 heteroatoms. The normalized spacial score (nSPS) is 12.3. The lowest BCUT2D eigenvalue weighted by molar-refractivity contribution is -0.147. The molecule has 0 aliphatic rings. The highest BCUT2D eigenvalue weighted by Crippen LogP contribution is 2.19. The molecule has 0 N–H and O–H groups in total. The van der Waals surface area contributed by atoms with Crippen LogP contribution in [0.5, 0.6) is 0 Å². The van der Waals surface area contributed by atoms with Gasteiger partial charge in [0.15, 0.2) is 0 Å². The molecular weight excluding hydrogens is 284 g/mol. The quantitative estimate of drug-likeness (QED) is 0.520. The molecule has 2 aromatic rings. The predicted octanol–water partition coefficient (Wildman–Crippen LogP) is 5.18. The van der Waals surface area contributed by atoms with Crippen LogP contribution in [0, 0.1) is 0 Å². The number of benzene rings is 2. The molecule has 0 saturated heterocycles. The monoisotopic (exact) mass is 308 g/mol. The van der Waals surface area contributed by atoms with Gasteiger partial charge < -0.3 is 4.74 Å². The molecule has 1 unspecified atom stereocenters. The van der Waals surface area contributed by atoms with Crippen molar-refractivity contribution in [3.63, 3.8) is 0 Å². The summed E-state index contributed by atoms with van der Waals surface area (Å²) in [6.45, 7) is 3.94. The van der Waals surface area contributed by atoms with Crippen molar-refractivity contribution in [3.8, 4) is 11.1 Å². The van der Waals surface area contributed by atoms with Gasteiger partial charge in [-0.25, -0.2) is 0 Å². The molecule has 0 spiro atoms. The molecule has 0 amide bonds. The Hall–Kier alpha value is -2.35. The van der Waals surface area contributed by atoms with Gasteiger partial charge >= 0.3 is 5.97 Å². The first-order valence-corrected chi connectivity index (χ1v) is 8.14. The predicted molar refractivity (Wildman–Crippen MR) is 95.2 cm³/mol. The van der Waals surface area contributed by atoms with Crippen LogP contribution in [-0.2, 0) is 16.0 Å². The average molecular weight is 308 g/mol. The topological polar surface area (TPSA) is 26.3 Å². The fraction of sp³-hybridized carbons (Fsp3) is 0.286. The molecule has 2 nitrogen and oxygen atoms in total. The molecule has 0 aliphatic carbocycles. The molecule has 0 bridgehead atoms. The van der Waals surface area contributed by atoms with Crippen molar-refractivity contribution < 1.29 is 9.53 Å². The Morgan fingerprint density at radius 2 is 1.70 bits per heavy atom. The summed E-state index contributed by atoms with van der Waals surface area (Å²) in [7, 11) is 0. The minimum absolute atomic E-state index is 0.0395. The van der Waals surface area contributed by atoms with Crippen molar-refractivity contribution in [1.29, 1.82) is 0 Å². The molecule has 0 aliphatic heterocycles. The molecule has 1 atom stereocenters. The third-order valence-electron chi connectivity index (χ3n) is 3.72. The molecular formula is C21H24O2. The van der Waals surface area contributed by atoms with E-state index in [-0.39, 0.29) is 12.1 Å². The molecule has 23 heavy (non-hydrogen) atoms. The molecule has 0 radical (unpaired) electrons. The summed E-state index contributed by atoms with van der Waals surface area (Å²) in [4.78, 5) is 12.0. The first-order valence-electron chi connectivity index (χ1n) is 8.14. The summed E-state index contributed by atoms with van der Waals surface area (Å²) in [6.07, 6.45) is 6.19. The second-order valence-corrected chi connectivity index (χ2v) is 5.69. The van der Waals surface area contributed by atoms with Gasteiger partial charge in [-0.05, 0) is 43.4 Å². The lowest BCUT2D eigenvalue weighted by atomic mass is 10.0. The number of esters is 1. The Bertz CT molecular complexity index is 627. The largest absolute Gasteiger partial charge is 0.462 e. The zero-order valence-corrected chi connectivity index (χ0v) is 13.9. The van der Waals surface area contributed by atoms with Crippen LogP contribution in [0.25, 0.3) is 11.1 Å². The maximum absolute atomic E-state index is 12.0. The van der Waals surface area contributed by atoms with Crippen LogP contribution in [0.1, 0.15) is 32.3 Å². The van der Waals surface area contributed by atoms with Gasteiger partial charge in [0.05, 0.1) is 12.5 Å². The molecule has 0 fully saturated rings. The summed E-state index contributed by atoms with van der Waals surface area (Å²) in [6, 6.07) is 18.3. The second kappa shape index (κ2) is 8.94. The van der Waals surface area contributed by atoms with E-state index < -0.39 is 0 Å². The van der Waals surface area contributed by atoms with Crippen LogP contribution in [0.15, 0.2) is 66.7 Å². The van der Waals surface area contributed by atoms with E-state index in [4.69, 9.17) is 4.74 Å². The molecule has 2 aromatic carbocycles. The Kier molecular flexibility index (Phi) is 6.61. The SMILES string of the molecule is CC=CCCC(C)OC(=O)Cc1ccc(-c2ccccc2)cc1. The van der Waals surface area contributed by atoms with Crippen LogP contribution >= 0.6 is 0 Å². The number of carbonyl (C=O) groups is 1. The number of ether oxygens (including phenoxy) is 1. The minimum atomic E-state index is -0.162. The summed E-state index contributed by atoms with van der Waals surface area (Å²) >= 11 is 0. The van der Waals surface area contributed by atoms with E-state index in [2.05, 4.69) is 18.2 Å². The second-order valence-electron chi connectivity index (χ2n) is 5.69. The Morgan fingerprint density at radius 1 is 1.04 bits per heavy atom. The van der Waals surface area contributed by atoms with Crippen molar-refractivity contribution in [1.82, 2.24) is 0 Å². The number of hydrogen-bond donors (Lipinski definition) is 0. The van der Waals surface area contributed by atoms with Crippen LogP contribution in [-0.4, -0.2) is 12.1 Å². The number of allylic oxidation sites excluding steroid dienone is 2. The van der Waals surface area contributed by atoms with Gasteiger partial charge in [0, 0.05) is 0 Å². The third kappa shape index (κ3) is 5.74. The minimum Gasteiger partial charge on any atom is -0.462 e. The van der Waals surface area contributed by atoms with Gasteiger partial charge in [0.1, 0.15) is 0 Å². The number of hydrogen-bond acceptors (Lipinski definition) is 2. The first-order chi connectivity index (χ1) is 11.2. The van der Waals surface area contributed by atoms with Crippen molar-refractivity contribution in [2.75, 3.05) is 0 Å². The van der Waals surface area contributed by atoms with Gasteiger partial charge in [-0.15, -0.1) is 0 Å². The highest BCUT2D eigenvalue weighted by Gasteiger charge is 2.10. The lowest BCUT2D eigenvalue weighted by Crippen LogP contribution is -2.16. The van der Waals surface area contributed by atoms with E-state index in [9.17, 15) is 4.79 Å². The summed E-state index contributed by atoms with van der Waals surface area (Å²) in [5, 5.41) is 0. The molecule has 2 rings (SSSR count). The molecule has 120 valence electrons. The fourth-order valence-corrected chi connectivity index (χ4v) is 2.43. The van der Waals surface area contributed by atoms with E-state index in [1.807, 2.05) is 62.4 Å². The average Bonchev–Trinajstić information content (AvgIpc) is 2.56. The number of carbonyl (C=O) groups excluding carboxylic acids is 1. The third-order valence-corrected chi connectivity index (χ3v) is 3.72. The molecule has 0 saturated carbocycles. The number of rotatable bonds is 7. The summed E-state index contributed by atoms with van der Waals surface area (Å²) < 4.78 is 5.44. The van der Waals surface area contributed by atoms with E-state index in [0.29, 0.717) is 6.42 Å². The van der Waals surface area contributed by atoms with E-state index >= 15 is 0 Å². The van der Waals surface area contributed by atoms with E-state index in [1.54, 1.807) is 0 Å². The highest BCUT2D eigenvalue weighted by molar-refractivity contribution is 5.73. The lowest BCUT2D eigenvalue weighted by Gasteiger charge is -2.12. The van der Waals surface area contributed by atoms with Crippen molar-refractivity contribution >= 4 is 5.97 Å². The zero-order chi connectivity index (χ0) is 16.5. The van der Waals surface area contributed by atoms with Crippen molar-refractivity contribution in [2.24, 2.45) is 0 Å². The first kappa shape index (κ1) is 17.0. The maximum atomic E-state index is 12.0. The smallest absolute Gasteiger partial charge is 0.310 e. The van der Waals surface area contributed by atoms with Crippen molar-refractivity contribution in [2.45, 2.75) is 39.2 Å². The molecule has 0 heterocycles. The van der Waals surface area contributed by atoms with Gasteiger partial charge in [-0.3, -0.25) is 4.79 Å². The van der Waals surface area contributed by atoms with Crippen LogP contribution in [0.2, 0.25) is 0 Å². The fourth-order valence-electron chi connectivity index (χ4n) is 2.43. The van der Waals surface area contributed by atoms with Crippen LogP contribution in [0.3, 0.4) is 0 Å². The van der Waals surface area contributed by atoms with Crippen LogP contribution in [0.4, 0.5) is 0 Å². The highest BCUT2D eigenvalue weighted by atomic mass is 16.5. The van der Waals surface area contributed by atoms with Gasteiger partial charge in [0.25, 0.3) is 0 Å². The van der Waals surface area contributed by atoms with E-state index in [1.165, 1.54) is 5.56 Å². The van der Waals surface area contributed by atoms with Crippen LogP contribution < -0.4 is 0 Å². The van der Waals surface area contributed by atoms with Gasteiger partial charge in [-0.1, -0.05) is 66.7 Å². The van der Waals surface area contributed by atoms with E-state index in [0.717, 1.165) is 24.0 Å². The van der Waals surface area contributed by atoms with Crippen molar-refractivity contribution in [3.05, 3.63) is 72.3 Å².